The van der Waals surface area contributed by atoms with Crippen molar-refractivity contribution in [1.82, 2.24) is 25.1 Å². The van der Waals surface area contributed by atoms with E-state index in [1.165, 1.54) is 12.1 Å². The molecule has 0 spiro atoms. The first-order valence-corrected chi connectivity index (χ1v) is 11.6. The smallest absolute Gasteiger partial charge is 0.292 e. The number of nitrogens with zero attached hydrogens (tertiary/aromatic N) is 5. The van der Waals surface area contributed by atoms with Crippen LogP contribution in [0.1, 0.15) is 23.9 Å². The number of thioether (sulfide) groups is 1. The van der Waals surface area contributed by atoms with Crippen LogP contribution < -0.4 is 15.8 Å². The predicted octanol–water partition coefficient (Wildman–Crippen LogP) is 3.01. The fourth-order valence-corrected chi connectivity index (χ4v) is 4.07. The van der Waals surface area contributed by atoms with E-state index in [2.05, 4.69) is 30.4 Å². The molecule has 3 heterocycles. The van der Waals surface area contributed by atoms with Crippen LogP contribution in [0.3, 0.4) is 0 Å². The number of benzene rings is 1. The zero-order valence-electron chi connectivity index (χ0n) is 19.2. The van der Waals surface area contributed by atoms with Gasteiger partial charge in [-0.25, -0.2) is 23.7 Å². The molecule has 0 saturated carbocycles. The predicted molar refractivity (Wildman–Crippen MR) is 127 cm³/mol. The first kappa shape index (κ1) is 24.5. The van der Waals surface area contributed by atoms with Crippen LogP contribution in [0.25, 0.3) is 11.2 Å². The molecule has 3 N–H and O–H groups in total. The Morgan fingerprint density at radius 3 is 2.80 bits per heavy atom. The summed E-state index contributed by atoms with van der Waals surface area (Å²) in [6, 6.07) is 5.32. The summed E-state index contributed by atoms with van der Waals surface area (Å²) in [5, 5.41) is 16.6. The third kappa shape index (κ3) is 5.57. The van der Waals surface area contributed by atoms with Gasteiger partial charge in [0.15, 0.2) is 45.4 Å². The molecule has 1 atom stereocenters. The Labute approximate surface area is 202 Å². The molecule has 184 valence electrons. The second-order valence-corrected chi connectivity index (χ2v) is 8.90. The molecule has 0 bridgehead atoms. The van der Waals surface area contributed by atoms with Crippen molar-refractivity contribution in [1.29, 1.82) is 0 Å². The molecule has 0 aliphatic carbocycles. The topological polar surface area (TPSA) is 133 Å². The normalized spacial score (nSPS) is 12.2. The van der Waals surface area contributed by atoms with Crippen LogP contribution in [-0.4, -0.2) is 49.9 Å². The Morgan fingerprint density at radius 1 is 1.29 bits per heavy atom. The first-order chi connectivity index (χ1) is 16.7. The van der Waals surface area contributed by atoms with Gasteiger partial charge in [-0.05, 0) is 19.9 Å². The number of H-pyrrole nitrogens is 1. The van der Waals surface area contributed by atoms with E-state index in [1.807, 2.05) is 0 Å². The molecule has 10 nitrogen and oxygen atoms in total. The molecule has 3 aromatic heterocycles. The number of hydrogen-bond donors (Lipinski definition) is 3. The zero-order valence-corrected chi connectivity index (χ0v) is 20.0. The summed E-state index contributed by atoms with van der Waals surface area (Å²) in [7, 11) is 1.68. The lowest BCUT2D eigenvalue weighted by Crippen LogP contribution is -2.27. The highest BCUT2D eigenvalue weighted by Crippen LogP contribution is 2.27. The van der Waals surface area contributed by atoms with Crippen molar-refractivity contribution in [2.45, 2.75) is 37.3 Å². The van der Waals surface area contributed by atoms with Gasteiger partial charge in [-0.15, -0.1) is 0 Å². The Morgan fingerprint density at radius 2 is 2.09 bits per heavy atom. The van der Waals surface area contributed by atoms with Crippen molar-refractivity contribution < 1.29 is 18.4 Å². The lowest BCUT2D eigenvalue weighted by atomic mass is 10.2. The van der Waals surface area contributed by atoms with Gasteiger partial charge in [0.25, 0.3) is 5.56 Å². The van der Waals surface area contributed by atoms with E-state index in [9.17, 15) is 18.7 Å². The minimum atomic E-state index is -0.938. The number of aliphatic hydroxyl groups is 1. The Hall–Kier alpha value is -3.58. The van der Waals surface area contributed by atoms with Crippen molar-refractivity contribution in [2.75, 3.05) is 23.9 Å². The molecule has 0 amide bonds. The van der Waals surface area contributed by atoms with E-state index in [0.29, 0.717) is 5.76 Å². The molecular formula is C22H23F2N7O3S. The van der Waals surface area contributed by atoms with E-state index in [-0.39, 0.29) is 58.5 Å². The second-order valence-electron chi connectivity index (χ2n) is 7.96. The lowest BCUT2D eigenvalue weighted by molar-refractivity contribution is 0.281. The third-order valence-corrected chi connectivity index (χ3v) is 5.89. The van der Waals surface area contributed by atoms with Crippen LogP contribution in [0.15, 0.2) is 38.7 Å². The van der Waals surface area contributed by atoms with Gasteiger partial charge in [-0.2, -0.15) is 0 Å². The van der Waals surface area contributed by atoms with Gasteiger partial charge in [0.1, 0.15) is 0 Å². The van der Waals surface area contributed by atoms with Crippen LogP contribution >= 0.6 is 11.8 Å². The van der Waals surface area contributed by atoms with Crippen molar-refractivity contribution in [3.05, 3.63) is 63.3 Å². The van der Waals surface area contributed by atoms with Crippen LogP contribution in [0.5, 0.6) is 0 Å². The molecule has 0 fully saturated rings. The van der Waals surface area contributed by atoms with Gasteiger partial charge in [-0.3, -0.25) is 4.79 Å². The van der Waals surface area contributed by atoms with Gasteiger partial charge < -0.3 is 24.8 Å². The fraction of sp³-hybridized carbons (Fsp3) is 0.318. The molecular weight excluding hydrogens is 480 g/mol. The molecule has 0 saturated heterocycles. The largest absolute Gasteiger partial charge is 0.394 e. The fourth-order valence-electron chi connectivity index (χ4n) is 3.25. The average molecular weight is 504 g/mol. The van der Waals surface area contributed by atoms with E-state index >= 15 is 0 Å². The Kier molecular flexibility index (Phi) is 7.26. The van der Waals surface area contributed by atoms with Crippen LogP contribution in [0, 0.1) is 18.6 Å². The van der Waals surface area contributed by atoms with Gasteiger partial charge in [0, 0.05) is 30.5 Å². The maximum Gasteiger partial charge on any atom is 0.292 e. The number of nitrogens with one attached hydrogen (secondary N) is 2. The molecule has 4 rings (SSSR count). The quantitative estimate of drug-likeness (QED) is 0.231. The average Bonchev–Trinajstić information content (AvgIpc) is 3.23. The number of halogens is 2. The number of fused-ring (bicyclic) bond motifs is 1. The van der Waals surface area contributed by atoms with Crippen molar-refractivity contribution in [3.63, 3.8) is 0 Å². The highest BCUT2D eigenvalue weighted by atomic mass is 32.2. The van der Waals surface area contributed by atoms with Crippen LogP contribution in [-0.2, 0) is 12.3 Å². The maximum absolute atomic E-state index is 14.0. The van der Waals surface area contributed by atoms with Gasteiger partial charge in [0.2, 0.25) is 0 Å². The lowest BCUT2D eigenvalue weighted by Gasteiger charge is -2.18. The number of aromatic amines is 1. The summed E-state index contributed by atoms with van der Waals surface area (Å²) < 4.78 is 32.8. The van der Waals surface area contributed by atoms with Gasteiger partial charge >= 0.3 is 0 Å². The SMILES string of the molecule is Cc1cc(CN(C)c2nc3c(N[C@H](C)CO)nc(SCc4cccc(F)c4F)nc3[nH]c2=O)on1. The van der Waals surface area contributed by atoms with E-state index < -0.39 is 17.2 Å². The van der Waals surface area contributed by atoms with Crippen molar-refractivity contribution in [2.24, 2.45) is 0 Å². The third-order valence-electron chi connectivity index (χ3n) is 4.99. The first-order valence-electron chi connectivity index (χ1n) is 10.6. The molecule has 1 aromatic carbocycles. The summed E-state index contributed by atoms with van der Waals surface area (Å²) in [5.74, 6) is -0.854. The molecule has 4 aromatic rings. The molecule has 0 unspecified atom stereocenters. The highest BCUT2D eigenvalue weighted by Gasteiger charge is 2.18. The number of anilines is 2. The standard InChI is InChI=1S/C22H23F2N7O3S/c1-11-7-14(34-30-11)8-31(3)20-21(33)27-19-17(26-20)18(25-12(2)9-32)28-22(29-19)35-10-13-5-4-6-15(23)16(13)24/h4-7,12,32H,8-10H2,1-3H3,(H2,25,27,28,29,33)/t12-/m1/s1. The molecule has 0 aliphatic rings. The van der Waals surface area contributed by atoms with Crippen LogP contribution in [0.4, 0.5) is 20.4 Å². The Balaban J connectivity index is 1.69. The van der Waals surface area contributed by atoms with Crippen LogP contribution in [0.2, 0.25) is 0 Å². The molecule has 0 aliphatic heterocycles. The Bertz CT molecular complexity index is 1410. The summed E-state index contributed by atoms with van der Waals surface area (Å²) in [4.78, 5) is 30.4. The van der Waals surface area contributed by atoms with Crippen molar-refractivity contribution in [3.8, 4) is 0 Å². The number of hydrogen-bond acceptors (Lipinski definition) is 10. The highest BCUT2D eigenvalue weighted by molar-refractivity contribution is 7.98. The summed E-state index contributed by atoms with van der Waals surface area (Å²) in [5.41, 5.74) is 0.829. The van der Waals surface area contributed by atoms with Crippen molar-refractivity contribution >= 4 is 34.6 Å². The zero-order chi connectivity index (χ0) is 25.1. The van der Waals surface area contributed by atoms with E-state index in [1.54, 1.807) is 31.9 Å². The minimum absolute atomic E-state index is 0.0686. The molecule has 0 radical (unpaired) electrons. The number of rotatable bonds is 9. The number of aliphatic hydroxyl groups excluding tert-OH is 1. The van der Waals surface area contributed by atoms with Gasteiger partial charge in [-0.1, -0.05) is 29.1 Å². The number of aryl methyl sites for hydroxylation is 1. The summed E-state index contributed by atoms with van der Waals surface area (Å²) >= 11 is 1.07. The summed E-state index contributed by atoms with van der Waals surface area (Å²) in [6.45, 7) is 3.62. The molecule has 35 heavy (non-hydrogen) atoms. The molecule has 13 heteroatoms. The van der Waals surface area contributed by atoms with E-state index in [4.69, 9.17) is 4.52 Å². The van der Waals surface area contributed by atoms with E-state index in [0.717, 1.165) is 23.5 Å². The van der Waals surface area contributed by atoms with Gasteiger partial charge in [0.05, 0.1) is 18.8 Å². The maximum atomic E-state index is 14.0. The number of aromatic nitrogens is 5. The summed E-state index contributed by atoms with van der Waals surface area (Å²) in [6.07, 6.45) is 0. The monoisotopic (exact) mass is 503 g/mol. The minimum Gasteiger partial charge on any atom is -0.394 e. The second kappa shape index (κ2) is 10.4.